The van der Waals surface area contributed by atoms with E-state index < -0.39 is 0 Å². The third-order valence-electron chi connectivity index (χ3n) is 3.46. The summed E-state index contributed by atoms with van der Waals surface area (Å²) in [4.78, 5) is 11.7. The number of carbonyl (C=O) groups is 1. The van der Waals surface area contributed by atoms with E-state index in [1.165, 1.54) is 24.4 Å². The van der Waals surface area contributed by atoms with Crippen LogP contribution in [0.1, 0.15) is 25.0 Å². The number of nitrogens with two attached hydrogens (primary N) is 1. The van der Waals surface area contributed by atoms with Gasteiger partial charge in [-0.15, -0.1) is 5.10 Å². The molecule has 7 heteroatoms. The summed E-state index contributed by atoms with van der Waals surface area (Å²) >= 11 is 1.42. The molecule has 2 aromatic rings. The highest BCUT2D eigenvalue weighted by molar-refractivity contribution is 8.13. The SMILES string of the molecule is COc1cc(C=NN=C(N)SCc2ccccc2)ccc1OC(=O)C(C)C. The maximum absolute atomic E-state index is 11.7. The van der Waals surface area contributed by atoms with Crippen LogP contribution in [0, 0.1) is 5.92 Å². The van der Waals surface area contributed by atoms with Crippen LogP contribution in [-0.4, -0.2) is 24.5 Å². The number of carbonyl (C=O) groups excluding carboxylic acids is 1. The van der Waals surface area contributed by atoms with Gasteiger partial charge in [0.25, 0.3) is 0 Å². The summed E-state index contributed by atoms with van der Waals surface area (Å²) in [7, 11) is 1.51. The smallest absolute Gasteiger partial charge is 0.313 e. The van der Waals surface area contributed by atoms with Crippen molar-refractivity contribution in [3.63, 3.8) is 0 Å². The predicted octanol–water partition coefficient (Wildman–Crippen LogP) is 3.84. The molecule has 0 aliphatic rings. The van der Waals surface area contributed by atoms with Crippen LogP contribution in [0.3, 0.4) is 0 Å². The minimum absolute atomic E-state index is 0.221. The molecule has 0 saturated carbocycles. The van der Waals surface area contributed by atoms with Gasteiger partial charge in [-0.25, -0.2) is 0 Å². The van der Waals surface area contributed by atoms with Crippen LogP contribution in [0.15, 0.2) is 58.7 Å². The summed E-state index contributed by atoms with van der Waals surface area (Å²) in [5.41, 5.74) is 7.78. The Morgan fingerprint density at radius 1 is 1.19 bits per heavy atom. The molecule has 2 aromatic carbocycles. The molecule has 2 N–H and O–H groups in total. The van der Waals surface area contributed by atoms with Gasteiger partial charge >= 0.3 is 5.97 Å². The van der Waals surface area contributed by atoms with Gasteiger partial charge in [0.15, 0.2) is 16.7 Å². The minimum Gasteiger partial charge on any atom is -0.493 e. The number of thioether (sulfide) groups is 1. The largest absolute Gasteiger partial charge is 0.493 e. The van der Waals surface area contributed by atoms with Crippen LogP contribution in [0.25, 0.3) is 0 Å². The Morgan fingerprint density at radius 3 is 2.59 bits per heavy atom. The van der Waals surface area contributed by atoms with Crippen molar-refractivity contribution in [1.82, 2.24) is 0 Å². The molecule has 0 aliphatic carbocycles. The first-order valence-electron chi connectivity index (χ1n) is 8.42. The Morgan fingerprint density at radius 2 is 1.93 bits per heavy atom. The number of methoxy groups -OCH3 is 1. The molecular formula is C20H23N3O3S. The number of ether oxygens (including phenoxy) is 2. The normalized spacial score (nSPS) is 11.8. The summed E-state index contributed by atoms with van der Waals surface area (Å²) < 4.78 is 10.6. The van der Waals surface area contributed by atoms with Gasteiger partial charge in [-0.05, 0) is 29.3 Å². The van der Waals surface area contributed by atoms with Crippen molar-refractivity contribution in [3.8, 4) is 11.5 Å². The van der Waals surface area contributed by atoms with Crippen LogP contribution in [-0.2, 0) is 10.5 Å². The van der Waals surface area contributed by atoms with Crippen LogP contribution in [0.2, 0.25) is 0 Å². The molecule has 0 unspecified atom stereocenters. The standard InChI is InChI=1S/C20H23N3O3S/c1-14(2)19(24)26-17-10-9-16(11-18(17)25-3)12-22-23-20(21)27-13-15-7-5-4-6-8-15/h4-12,14H,13H2,1-3H3,(H2,21,23). The monoisotopic (exact) mass is 385 g/mol. The molecule has 0 bridgehead atoms. The zero-order valence-electron chi connectivity index (χ0n) is 15.6. The predicted molar refractivity (Wildman–Crippen MR) is 110 cm³/mol. The minimum atomic E-state index is -0.317. The van der Waals surface area contributed by atoms with E-state index in [0.717, 1.165) is 11.3 Å². The van der Waals surface area contributed by atoms with Crippen LogP contribution in [0.4, 0.5) is 0 Å². The fraction of sp³-hybridized carbons (Fsp3) is 0.250. The average molecular weight is 385 g/mol. The van der Waals surface area contributed by atoms with Crippen LogP contribution >= 0.6 is 11.8 Å². The number of hydrogen-bond donors (Lipinski definition) is 1. The molecule has 0 radical (unpaired) electrons. The molecule has 2 rings (SSSR count). The first kappa shape index (κ1) is 20.5. The average Bonchev–Trinajstić information content (AvgIpc) is 2.68. The Bertz CT molecular complexity index is 820. The lowest BCUT2D eigenvalue weighted by atomic mass is 10.2. The Labute approximate surface area is 163 Å². The molecule has 0 heterocycles. The second-order valence-electron chi connectivity index (χ2n) is 5.94. The lowest BCUT2D eigenvalue weighted by Gasteiger charge is -2.11. The quantitative estimate of drug-likeness (QED) is 0.257. The first-order valence-corrected chi connectivity index (χ1v) is 9.41. The third-order valence-corrected chi connectivity index (χ3v) is 4.32. The van der Waals surface area contributed by atoms with E-state index in [1.54, 1.807) is 38.3 Å². The van der Waals surface area contributed by atoms with Crippen molar-refractivity contribution in [1.29, 1.82) is 0 Å². The third kappa shape index (κ3) is 6.79. The van der Waals surface area contributed by atoms with Crippen molar-refractivity contribution < 1.29 is 14.3 Å². The van der Waals surface area contributed by atoms with Gasteiger partial charge in [0.1, 0.15) is 0 Å². The topological polar surface area (TPSA) is 86.3 Å². The van der Waals surface area contributed by atoms with E-state index in [9.17, 15) is 4.79 Å². The van der Waals surface area contributed by atoms with Crippen molar-refractivity contribution in [2.75, 3.05) is 7.11 Å². The fourth-order valence-corrected chi connectivity index (χ4v) is 2.60. The number of amidine groups is 1. The Kier molecular flexibility index (Phi) is 7.88. The molecular weight excluding hydrogens is 362 g/mol. The summed E-state index contributed by atoms with van der Waals surface area (Å²) in [5.74, 6) is 1.01. The highest BCUT2D eigenvalue weighted by Crippen LogP contribution is 2.28. The lowest BCUT2D eigenvalue weighted by Crippen LogP contribution is -2.15. The van der Waals surface area contributed by atoms with Gasteiger partial charge in [-0.2, -0.15) is 5.10 Å². The molecule has 0 amide bonds. The van der Waals surface area contributed by atoms with Gasteiger partial charge in [0.2, 0.25) is 0 Å². The summed E-state index contributed by atoms with van der Waals surface area (Å²) in [6, 6.07) is 15.1. The van der Waals surface area contributed by atoms with E-state index in [1.807, 2.05) is 30.3 Å². The number of esters is 1. The lowest BCUT2D eigenvalue weighted by molar-refractivity contribution is -0.137. The second kappa shape index (κ2) is 10.4. The van der Waals surface area contributed by atoms with Gasteiger partial charge in [0.05, 0.1) is 19.2 Å². The molecule has 27 heavy (non-hydrogen) atoms. The summed E-state index contributed by atoms with van der Waals surface area (Å²) in [5, 5.41) is 8.37. The number of hydrogen-bond acceptors (Lipinski definition) is 6. The molecule has 0 aliphatic heterocycles. The van der Waals surface area contributed by atoms with Crippen molar-refractivity contribution >= 4 is 29.1 Å². The Balaban J connectivity index is 1.98. The highest BCUT2D eigenvalue weighted by Gasteiger charge is 2.13. The van der Waals surface area contributed by atoms with Gasteiger partial charge in [-0.3, -0.25) is 4.79 Å². The number of rotatable bonds is 7. The highest BCUT2D eigenvalue weighted by atomic mass is 32.2. The zero-order valence-corrected chi connectivity index (χ0v) is 16.4. The molecule has 6 nitrogen and oxygen atoms in total. The summed E-state index contributed by atoms with van der Waals surface area (Å²) in [6.45, 7) is 3.54. The van der Waals surface area contributed by atoms with E-state index in [2.05, 4.69) is 10.2 Å². The van der Waals surface area contributed by atoms with E-state index in [-0.39, 0.29) is 11.9 Å². The molecule has 142 valence electrons. The van der Waals surface area contributed by atoms with Gasteiger partial charge in [0, 0.05) is 5.75 Å². The first-order chi connectivity index (χ1) is 13.0. The summed E-state index contributed by atoms with van der Waals surface area (Å²) in [6.07, 6.45) is 1.56. The Hall–Kier alpha value is -2.80. The van der Waals surface area contributed by atoms with E-state index >= 15 is 0 Å². The van der Waals surface area contributed by atoms with Crippen LogP contribution < -0.4 is 15.2 Å². The molecule has 0 saturated heterocycles. The molecule has 0 aromatic heterocycles. The fourth-order valence-electron chi connectivity index (χ4n) is 1.99. The van der Waals surface area contributed by atoms with E-state index in [4.69, 9.17) is 15.2 Å². The number of nitrogens with zero attached hydrogens (tertiary/aromatic N) is 2. The van der Waals surface area contributed by atoms with Crippen molar-refractivity contribution in [2.24, 2.45) is 21.9 Å². The molecule has 0 fully saturated rings. The maximum atomic E-state index is 11.7. The van der Waals surface area contributed by atoms with Crippen molar-refractivity contribution in [2.45, 2.75) is 19.6 Å². The number of benzene rings is 2. The van der Waals surface area contributed by atoms with Gasteiger partial charge in [-0.1, -0.05) is 55.9 Å². The molecule has 0 spiro atoms. The molecule has 0 atom stereocenters. The second-order valence-corrected chi connectivity index (χ2v) is 6.94. The van der Waals surface area contributed by atoms with Crippen LogP contribution in [0.5, 0.6) is 11.5 Å². The maximum Gasteiger partial charge on any atom is 0.313 e. The zero-order chi connectivity index (χ0) is 19.6. The van der Waals surface area contributed by atoms with E-state index in [0.29, 0.717) is 16.7 Å². The van der Waals surface area contributed by atoms with Crippen molar-refractivity contribution in [3.05, 3.63) is 59.7 Å². The van der Waals surface area contributed by atoms with Gasteiger partial charge < -0.3 is 15.2 Å².